The van der Waals surface area contributed by atoms with Crippen molar-refractivity contribution in [2.75, 3.05) is 10.6 Å². The maximum atomic E-state index is 4.46. The van der Waals surface area contributed by atoms with Crippen LogP contribution in [0.1, 0.15) is 31.4 Å². The first kappa shape index (κ1) is 14.3. The Morgan fingerprint density at radius 2 is 1.90 bits per heavy atom. The van der Waals surface area contributed by atoms with Gasteiger partial charge >= 0.3 is 0 Å². The Morgan fingerprint density at radius 1 is 1.15 bits per heavy atom. The lowest BCUT2D eigenvalue weighted by Crippen LogP contribution is -2.15. The fourth-order valence-corrected chi connectivity index (χ4v) is 1.77. The minimum Gasteiger partial charge on any atom is -0.367 e. The molecule has 1 heterocycles. The molecule has 0 amide bonds. The van der Waals surface area contributed by atoms with Crippen LogP contribution in [0.4, 0.5) is 11.8 Å². The Bertz CT molecular complexity index is 536. The van der Waals surface area contributed by atoms with E-state index in [-0.39, 0.29) is 0 Å². The van der Waals surface area contributed by atoms with Gasteiger partial charge in [0.25, 0.3) is 0 Å². The van der Waals surface area contributed by atoms with E-state index in [9.17, 15) is 0 Å². The number of anilines is 2. The van der Waals surface area contributed by atoms with Gasteiger partial charge in [-0.15, -0.1) is 0 Å². The van der Waals surface area contributed by atoms with Crippen molar-refractivity contribution >= 4 is 11.8 Å². The lowest BCUT2D eigenvalue weighted by molar-refractivity contribution is 0.758. The van der Waals surface area contributed by atoms with Crippen molar-refractivity contribution in [3.05, 3.63) is 47.7 Å². The lowest BCUT2D eigenvalue weighted by Gasteiger charge is -2.12. The van der Waals surface area contributed by atoms with Gasteiger partial charge in [0.1, 0.15) is 5.82 Å². The zero-order chi connectivity index (χ0) is 14.4. The third-order valence-electron chi connectivity index (χ3n) is 3.23. The molecule has 1 aromatic carbocycles. The van der Waals surface area contributed by atoms with Crippen molar-refractivity contribution in [3.63, 3.8) is 0 Å². The van der Waals surface area contributed by atoms with Gasteiger partial charge < -0.3 is 10.6 Å². The molecule has 0 aliphatic carbocycles. The van der Waals surface area contributed by atoms with Gasteiger partial charge in [-0.05, 0) is 31.9 Å². The molecule has 4 heteroatoms. The molecule has 0 spiro atoms. The van der Waals surface area contributed by atoms with E-state index in [0.717, 1.165) is 18.8 Å². The number of benzene rings is 1. The van der Waals surface area contributed by atoms with Crippen molar-refractivity contribution in [1.82, 2.24) is 9.97 Å². The third-order valence-corrected chi connectivity index (χ3v) is 3.23. The SMILES string of the molecule is CCC(C)Nc1ccnc(NCc2ccc(C)cc2)n1. The van der Waals surface area contributed by atoms with Gasteiger partial charge in [0.2, 0.25) is 5.95 Å². The highest BCUT2D eigenvalue weighted by Crippen LogP contribution is 2.10. The molecule has 20 heavy (non-hydrogen) atoms. The summed E-state index contributed by atoms with van der Waals surface area (Å²) in [4.78, 5) is 8.70. The molecule has 2 N–H and O–H groups in total. The van der Waals surface area contributed by atoms with E-state index in [1.54, 1.807) is 6.20 Å². The van der Waals surface area contributed by atoms with Gasteiger partial charge in [-0.25, -0.2) is 4.98 Å². The summed E-state index contributed by atoms with van der Waals surface area (Å²) >= 11 is 0. The van der Waals surface area contributed by atoms with Gasteiger partial charge in [-0.1, -0.05) is 36.8 Å². The molecule has 0 radical (unpaired) electrons. The van der Waals surface area contributed by atoms with E-state index in [0.29, 0.717) is 12.0 Å². The Kier molecular flexibility index (Phi) is 4.93. The summed E-state index contributed by atoms with van der Waals surface area (Å²) in [7, 11) is 0. The average Bonchev–Trinajstić information content (AvgIpc) is 2.47. The Morgan fingerprint density at radius 3 is 2.60 bits per heavy atom. The largest absolute Gasteiger partial charge is 0.367 e. The van der Waals surface area contributed by atoms with Crippen LogP contribution < -0.4 is 10.6 Å². The van der Waals surface area contributed by atoms with Crippen LogP contribution in [-0.4, -0.2) is 16.0 Å². The first-order chi connectivity index (χ1) is 9.67. The van der Waals surface area contributed by atoms with Crippen molar-refractivity contribution in [3.8, 4) is 0 Å². The fraction of sp³-hybridized carbons (Fsp3) is 0.375. The Balaban J connectivity index is 1.95. The summed E-state index contributed by atoms with van der Waals surface area (Å²) in [5, 5.41) is 6.60. The van der Waals surface area contributed by atoms with Gasteiger partial charge in [-0.3, -0.25) is 0 Å². The minimum absolute atomic E-state index is 0.412. The van der Waals surface area contributed by atoms with Crippen LogP contribution in [-0.2, 0) is 6.54 Å². The number of rotatable bonds is 6. The quantitative estimate of drug-likeness (QED) is 0.842. The number of aromatic nitrogens is 2. The van der Waals surface area contributed by atoms with Crippen LogP contribution in [0.3, 0.4) is 0 Å². The standard InChI is InChI=1S/C16H22N4/c1-4-13(3)19-15-9-10-17-16(20-15)18-11-14-7-5-12(2)6-8-14/h5-10,13H,4,11H2,1-3H3,(H2,17,18,19,20). The van der Waals surface area contributed by atoms with Gasteiger partial charge in [0, 0.05) is 18.8 Å². The molecule has 0 bridgehead atoms. The zero-order valence-corrected chi connectivity index (χ0v) is 12.4. The summed E-state index contributed by atoms with van der Waals surface area (Å²) in [6, 6.07) is 10.8. The molecular weight excluding hydrogens is 248 g/mol. The van der Waals surface area contributed by atoms with E-state index in [1.165, 1.54) is 11.1 Å². The zero-order valence-electron chi connectivity index (χ0n) is 12.4. The summed E-state index contributed by atoms with van der Waals surface area (Å²) in [5.41, 5.74) is 2.49. The van der Waals surface area contributed by atoms with Gasteiger partial charge in [0.15, 0.2) is 0 Å². The number of nitrogens with zero attached hydrogens (tertiary/aromatic N) is 2. The second kappa shape index (κ2) is 6.89. The van der Waals surface area contributed by atoms with E-state index in [2.05, 4.69) is 65.6 Å². The molecule has 1 aromatic heterocycles. The number of hydrogen-bond acceptors (Lipinski definition) is 4. The molecule has 2 aromatic rings. The molecule has 0 aliphatic heterocycles. The highest BCUT2D eigenvalue weighted by atomic mass is 15.1. The summed E-state index contributed by atoms with van der Waals surface area (Å²) in [6.45, 7) is 7.11. The topological polar surface area (TPSA) is 49.8 Å². The van der Waals surface area contributed by atoms with Crippen LogP contribution in [0.25, 0.3) is 0 Å². The maximum absolute atomic E-state index is 4.46. The molecular formula is C16H22N4. The summed E-state index contributed by atoms with van der Waals surface area (Å²) in [5.74, 6) is 1.51. The first-order valence-corrected chi connectivity index (χ1v) is 7.06. The van der Waals surface area contributed by atoms with E-state index in [4.69, 9.17) is 0 Å². The number of nitrogens with one attached hydrogen (secondary N) is 2. The molecule has 0 aliphatic rings. The molecule has 2 rings (SSSR count). The minimum atomic E-state index is 0.412. The van der Waals surface area contributed by atoms with Crippen LogP contribution in [0.15, 0.2) is 36.5 Å². The van der Waals surface area contributed by atoms with Crippen molar-refractivity contribution in [2.24, 2.45) is 0 Å². The van der Waals surface area contributed by atoms with Crippen LogP contribution in [0.5, 0.6) is 0 Å². The highest BCUT2D eigenvalue weighted by molar-refractivity contribution is 5.40. The molecule has 1 unspecified atom stereocenters. The van der Waals surface area contributed by atoms with E-state index >= 15 is 0 Å². The number of hydrogen-bond donors (Lipinski definition) is 2. The highest BCUT2D eigenvalue weighted by Gasteiger charge is 2.02. The summed E-state index contributed by atoms with van der Waals surface area (Å²) < 4.78 is 0. The summed E-state index contributed by atoms with van der Waals surface area (Å²) in [6.07, 6.45) is 2.84. The van der Waals surface area contributed by atoms with Crippen molar-refractivity contribution in [1.29, 1.82) is 0 Å². The average molecular weight is 270 g/mol. The first-order valence-electron chi connectivity index (χ1n) is 7.06. The van der Waals surface area contributed by atoms with Crippen molar-refractivity contribution in [2.45, 2.75) is 39.8 Å². The molecule has 0 fully saturated rings. The Hall–Kier alpha value is -2.10. The van der Waals surface area contributed by atoms with Crippen LogP contribution >= 0.6 is 0 Å². The second-order valence-electron chi connectivity index (χ2n) is 5.06. The predicted molar refractivity (Wildman–Crippen MR) is 83.9 cm³/mol. The predicted octanol–water partition coefficient (Wildman–Crippen LogP) is 3.61. The van der Waals surface area contributed by atoms with Gasteiger partial charge in [0.05, 0.1) is 0 Å². The fourth-order valence-electron chi connectivity index (χ4n) is 1.77. The Labute approximate surface area is 120 Å². The smallest absolute Gasteiger partial charge is 0.224 e. The monoisotopic (exact) mass is 270 g/mol. The van der Waals surface area contributed by atoms with Crippen LogP contribution in [0.2, 0.25) is 0 Å². The number of aryl methyl sites for hydroxylation is 1. The second-order valence-corrected chi connectivity index (χ2v) is 5.06. The van der Waals surface area contributed by atoms with Crippen LogP contribution in [0, 0.1) is 6.92 Å². The maximum Gasteiger partial charge on any atom is 0.224 e. The molecule has 106 valence electrons. The van der Waals surface area contributed by atoms with Crippen molar-refractivity contribution < 1.29 is 0 Å². The molecule has 0 saturated heterocycles. The molecule has 1 atom stereocenters. The molecule has 4 nitrogen and oxygen atoms in total. The molecule has 0 saturated carbocycles. The van der Waals surface area contributed by atoms with E-state index < -0.39 is 0 Å². The lowest BCUT2D eigenvalue weighted by atomic mass is 10.1. The normalized spacial score (nSPS) is 11.9. The van der Waals surface area contributed by atoms with E-state index in [1.807, 2.05) is 6.07 Å². The third kappa shape index (κ3) is 4.23. The van der Waals surface area contributed by atoms with Gasteiger partial charge in [-0.2, -0.15) is 4.98 Å².